The van der Waals surface area contributed by atoms with Gasteiger partial charge in [-0.3, -0.25) is 0 Å². The molecule has 1 N–H and O–H groups in total. The maximum Gasteiger partial charge on any atom is 0.335 e. The number of nitrogens with zero attached hydrogens (tertiary/aromatic N) is 2. The van der Waals surface area contributed by atoms with Crippen LogP contribution in [0.2, 0.25) is 0 Å². The van der Waals surface area contributed by atoms with Crippen molar-refractivity contribution in [1.29, 1.82) is 0 Å². The van der Waals surface area contributed by atoms with Crippen molar-refractivity contribution in [1.82, 2.24) is 9.97 Å². The van der Waals surface area contributed by atoms with Crippen LogP contribution < -0.4 is 0 Å². The second-order valence-corrected chi connectivity index (χ2v) is 6.28. The molecule has 1 aromatic heterocycles. The summed E-state index contributed by atoms with van der Waals surface area (Å²) >= 11 is 1.50. The van der Waals surface area contributed by atoms with Crippen LogP contribution in [0, 0.1) is 6.92 Å². The molecule has 120 valence electrons. The Hall–Kier alpha value is -2.66. The average Bonchev–Trinajstić information content (AvgIpc) is 2.60. The zero-order chi connectivity index (χ0) is 16.9. The normalized spacial score (nSPS) is 10.5. The predicted octanol–water partition coefficient (Wildman–Crippen LogP) is 4.44. The van der Waals surface area contributed by atoms with Crippen molar-refractivity contribution >= 4 is 17.7 Å². The second kappa shape index (κ2) is 7.27. The smallest absolute Gasteiger partial charge is 0.335 e. The molecule has 0 atom stereocenters. The van der Waals surface area contributed by atoms with Gasteiger partial charge in [-0.15, -0.1) is 0 Å². The van der Waals surface area contributed by atoms with Crippen molar-refractivity contribution in [3.63, 3.8) is 0 Å². The SMILES string of the molecule is Cc1cc(-c2ccccc2)nc(SCc2cccc(C(=O)O)c2)n1. The van der Waals surface area contributed by atoms with E-state index in [1.54, 1.807) is 18.2 Å². The number of aryl methyl sites for hydroxylation is 1. The van der Waals surface area contributed by atoms with Gasteiger partial charge in [0.25, 0.3) is 0 Å². The van der Waals surface area contributed by atoms with Crippen molar-refractivity contribution in [2.75, 3.05) is 0 Å². The topological polar surface area (TPSA) is 63.1 Å². The zero-order valence-electron chi connectivity index (χ0n) is 13.1. The van der Waals surface area contributed by atoms with Gasteiger partial charge in [0.05, 0.1) is 11.3 Å². The Balaban J connectivity index is 1.80. The lowest BCUT2D eigenvalue weighted by Gasteiger charge is -2.06. The van der Waals surface area contributed by atoms with Gasteiger partial charge in [0.15, 0.2) is 5.16 Å². The Kier molecular flexibility index (Phi) is 4.91. The van der Waals surface area contributed by atoms with Gasteiger partial charge in [-0.05, 0) is 30.7 Å². The van der Waals surface area contributed by atoms with E-state index in [0.29, 0.717) is 16.5 Å². The first-order valence-electron chi connectivity index (χ1n) is 7.48. The molecule has 24 heavy (non-hydrogen) atoms. The van der Waals surface area contributed by atoms with Crippen LogP contribution in [0.5, 0.6) is 0 Å². The lowest BCUT2D eigenvalue weighted by atomic mass is 10.1. The lowest BCUT2D eigenvalue weighted by Crippen LogP contribution is -1.97. The summed E-state index contributed by atoms with van der Waals surface area (Å²) in [7, 11) is 0. The number of aromatic nitrogens is 2. The van der Waals surface area contributed by atoms with E-state index in [1.165, 1.54) is 11.8 Å². The molecule has 0 aliphatic carbocycles. The molecule has 0 bridgehead atoms. The van der Waals surface area contributed by atoms with Crippen LogP contribution in [-0.2, 0) is 5.75 Å². The molecule has 0 saturated carbocycles. The summed E-state index contributed by atoms with van der Waals surface area (Å²) in [6, 6.07) is 18.9. The van der Waals surface area contributed by atoms with Crippen molar-refractivity contribution < 1.29 is 9.90 Å². The van der Waals surface area contributed by atoms with E-state index < -0.39 is 5.97 Å². The Morgan fingerprint density at radius 3 is 2.58 bits per heavy atom. The third kappa shape index (κ3) is 4.00. The molecule has 3 rings (SSSR count). The van der Waals surface area contributed by atoms with Crippen LogP contribution in [0.1, 0.15) is 21.6 Å². The molecule has 0 aliphatic heterocycles. The van der Waals surface area contributed by atoms with E-state index in [2.05, 4.69) is 9.97 Å². The minimum Gasteiger partial charge on any atom is -0.478 e. The number of carboxylic acid groups (broad SMARTS) is 1. The standard InChI is InChI=1S/C19H16N2O2S/c1-13-10-17(15-7-3-2-4-8-15)21-19(20-13)24-12-14-6-5-9-16(11-14)18(22)23/h2-11H,12H2,1H3,(H,22,23). The largest absolute Gasteiger partial charge is 0.478 e. The van der Waals surface area contributed by atoms with Crippen molar-refractivity contribution in [3.8, 4) is 11.3 Å². The molecular weight excluding hydrogens is 320 g/mol. The van der Waals surface area contributed by atoms with E-state index in [-0.39, 0.29) is 0 Å². The van der Waals surface area contributed by atoms with Gasteiger partial charge in [0, 0.05) is 17.0 Å². The molecule has 0 saturated heterocycles. The van der Waals surface area contributed by atoms with Gasteiger partial charge >= 0.3 is 5.97 Å². The number of thioether (sulfide) groups is 1. The fourth-order valence-electron chi connectivity index (χ4n) is 2.30. The summed E-state index contributed by atoms with van der Waals surface area (Å²) in [5.41, 5.74) is 4.09. The molecule has 0 radical (unpaired) electrons. The number of benzene rings is 2. The summed E-state index contributed by atoms with van der Waals surface area (Å²) in [4.78, 5) is 20.1. The van der Waals surface area contributed by atoms with E-state index in [4.69, 9.17) is 5.11 Å². The number of carboxylic acids is 1. The van der Waals surface area contributed by atoms with Crippen LogP contribution in [0.15, 0.2) is 65.8 Å². The van der Waals surface area contributed by atoms with E-state index in [9.17, 15) is 4.79 Å². The van der Waals surface area contributed by atoms with Gasteiger partial charge < -0.3 is 5.11 Å². The fourth-order valence-corrected chi connectivity index (χ4v) is 3.15. The average molecular weight is 336 g/mol. The Bertz CT molecular complexity index is 866. The quantitative estimate of drug-likeness (QED) is 0.551. The number of carbonyl (C=O) groups is 1. The molecule has 1 heterocycles. The summed E-state index contributed by atoms with van der Waals surface area (Å²) in [5.74, 6) is -0.293. The maximum absolute atomic E-state index is 11.0. The first-order valence-corrected chi connectivity index (χ1v) is 8.46. The molecule has 0 spiro atoms. The lowest BCUT2D eigenvalue weighted by molar-refractivity contribution is 0.0697. The number of aromatic carboxylic acids is 1. The molecule has 2 aromatic carbocycles. The molecule has 5 heteroatoms. The Labute approximate surface area is 144 Å². The molecule has 0 fully saturated rings. The van der Waals surface area contributed by atoms with Crippen LogP contribution in [0.25, 0.3) is 11.3 Å². The highest BCUT2D eigenvalue weighted by Crippen LogP contribution is 2.24. The minimum atomic E-state index is -0.917. The van der Waals surface area contributed by atoms with Crippen LogP contribution in [-0.4, -0.2) is 21.0 Å². The van der Waals surface area contributed by atoms with Crippen molar-refractivity contribution in [3.05, 3.63) is 77.5 Å². The Morgan fingerprint density at radius 1 is 1.04 bits per heavy atom. The summed E-state index contributed by atoms with van der Waals surface area (Å²) in [6.07, 6.45) is 0. The van der Waals surface area contributed by atoms with Gasteiger partial charge in [-0.2, -0.15) is 0 Å². The molecule has 4 nitrogen and oxygen atoms in total. The second-order valence-electron chi connectivity index (χ2n) is 5.34. The predicted molar refractivity (Wildman–Crippen MR) is 95.2 cm³/mol. The monoisotopic (exact) mass is 336 g/mol. The van der Waals surface area contributed by atoms with Gasteiger partial charge in [0.2, 0.25) is 0 Å². The Morgan fingerprint density at radius 2 is 1.83 bits per heavy atom. The summed E-state index contributed by atoms with van der Waals surface area (Å²) in [5, 5.41) is 9.75. The zero-order valence-corrected chi connectivity index (χ0v) is 14.0. The van der Waals surface area contributed by atoms with Gasteiger partial charge in [0.1, 0.15) is 0 Å². The van der Waals surface area contributed by atoms with Crippen molar-refractivity contribution in [2.45, 2.75) is 17.8 Å². The maximum atomic E-state index is 11.0. The van der Waals surface area contributed by atoms with Crippen LogP contribution in [0.3, 0.4) is 0 Å². The van der Waals surface area contributed by atoms with E-state index in [0.717, 1.165) is 22.5 Å². The van der Waals surface area contributed by atoms with Gasteiger partial charge in [-0.1, -0.05) is 54.2 Å². The number of hydrogen-bond donors (Lipinski definition) is 1. The minimum absolute atomic E-state index is 0.295. The molecule has 3 aromatic rings. The highest BCUT2D eigenvalue weighted by atomic mass is 32.2. The van der Waals surface area contributed by atoms with Crippen LogP contribution >= 0.6 is 11.8 Å². The van der Waals surface area contributed by atoms with E-state index in [1.807, 2.05) is 49.4 Å². The van der Waals surface area contributed by atoms with Crippen molar-refractivity contribution in [2.24, 2.45) is 0 Å². The molecular formula is C19H16N2O2S. The highest BCUT2D eigenvalue weighted by molar-refractivity contribution is 7.98. The summed E-state index contributed by atoms with van der Waals surface area (Å²) in [6.45, 7) is 1.95. The summed E-state index contributed by atoms with van der Waals surface area (Å²) < 4.78 is 0. The third-order valence-electron chi connectivity index (χ3n) is 3.45. The van der Waals surface area contributed by atoms with Gasteiger partial charge in [-0.25, -0.2) is 14.8 Å². The fraction of sp³-hybridized carbons (Fsp3) is 0.105. The molecule has 0 aliphatic rings. The molecule has 0 unspecified atom stereocenters. The third-order valence-corrected chi connectivity index (χ3v) is 4.36. The highest BCUT2D eigenvalue weighted by Gasteiger charge is 2.07. The number of rotatable bonds is 5. The molecule has 0 amide bonds. The first kappa shape index (κ1) is 16.2. The first-order chi connectivity index (χ1) is 11.6. The van der Waals surface area contributed by atoms with Crippen LogP contribution in [0.4, 0.5) is 0 Å². The number of hydrogen-bond acceptors (Lipinski definition) is 4. The van der Waals surface area contributed by atoms with E-state index >= 15 is 0 Å².